The van der Waals surface area contributed by atoms with Gasteiger partial charge in [-0.15, -0.1) is 0 Å². The highest BCUT2D eigenvalue weighted by atomic mass is 19.4. The molecule has 0 unspecified atom stereocenters. The van der Waals surface area contributed by atoms with Crippen LogP contribution in [-0.4, -0.2) is 54.1 Å². The van der Waals surface area contributed by atoms with Crippen LogP contribution in [0.3, 0.4) is 0 Å². The molecule has 13 heteroatoms. The Hall–Kier alpha value is -4.26. The molecule has 1 saturated heterocycles. The monoisotopic (exact) mass is 589 g/mol. The average molecular weight is 590 g/mol. The summed E-state index contributed by atoms with van der Waals surface area (Å²) in [7, 11) is 1.84. The molecule has 0 saturated carbocycles. The lowest BCUT2D eigenvalue weighted by atomic mass is 10.0. The van der Waals surface area contributed by atoms with Crippen LogP contribution in [0.25, 0.3) is 0 Å². The summed E-state index contributed by atoms with van der Waals surface area (Å²) in [5, 5.41) is 8.33. The zero-order valence-corrected chi connectivity index (χ0v) is 22.5. The van der Waals surface area contributed by atoms with E-state index < -0.39 is 29.3 Å². The molecule has 0 radical (unpaired) electrons. The highest BCUT2D eigenvalue weighted by Crippen LogP contribution is 2.48. The number of carbonyl (C=O) groups is 2. The summed E-state index contributed by atoms with van der Waals surface area (Å²) in [6.45, 7) is 0.958. The van der Waals surface area contributed by atoms with Gasteiger partial charge in [-0.1, -0.05) is 12.5 Å². The first kappa shape index (κ1) is 29.2. The van der Waals surface area contributed by atoms with E-state index in [1.807, 2.05) is 11.9 Å². The van der Waals surface area contributed by atoms with Crippen molar-refractivity contribution >= 4 is 29.0 Å². The third-order valence-electron chi connectivity index (χ3n) is 7.44. The van der Waals surface area contributed by atoms with Crippen molar-refractivity contribution < 1.29 is 36.3 Å². The molecule has 0 spiro atoms. The molecule has 3 aromatic rings. The van der Waals surface area contributed by atoms with Crippen molar-refractivity contribution in [3.63, 3.8) is 0 Å². The SMILES string of the molecule is CN1CCCC[C@H]1COc1cc(NC(=O)c2cccnc2Nc2cccc3c2CNC3=O)ccc1C(F)(F)C(F)(F)F. The van der Waals surface area contributed by atoms with E-state index in [0.717, 1.165) is 31.5 Å². The Morgan fingerprint density at radius 1 is 1.12 bits per heavy atom. The number of likely N-dealkylation sites (N-methyl/N-ethyl adjacent to an activating group) is 1. The van der Waals surface area contributed by atoms with Crippen LogP contribution in [0.2, 0.25) is 0 Å². The van der Waals surface area contributed by atoms with Gasteiger partial charge in [0.05, 0.1) is 11.1 Å². The first-order valence-electron chi connectivity index (χ1n) is 13.3. The van der Waals surface area contributed by atoms with Crippen LogP contribution < -0.4 is 20.7 Å². The molecule has 2 amide bonds. The highest BCUT2D eigenvalue weighted by molar-refractivity contribution is 6.08. The van der Waals surface area contributed by atoms with E-state index in [0.29, 0.717) is 35.8 Å². The Balaban J connectivity index is 1.40. The molecule has 1 aromatic heterocycles. The van der Waals surface area contributed by atoms with Gasteiger partial charge < -0.3 is 25.6 Å². The maximum absolute atomic E-state index is 14.5. The Kier molecular flexibility index (Phi) is 8.04. The lowest BCUT2D eigenvalue weighted by Gasteiger charge is -2.32. The van der Waals surface area contributed by atoms with Gasteiger partial charge in [-0.3, -0.25) is 9.59 Å². The van der Waals surface area contributed by atoms with Crippen LogP contribution in [0, 0.1) is 0 Å². The summed E-state index contributed by atoms with van der Waals surface area (Å²) in [5.74, 6) is -6.60. The minimum absolute atomic E-state index is 0.0427. The van der Waals surface area contributed by atoms with Gasteiger partial charge in [0.25, 0.3) is 11.8 Å². The number of amides is 2. The number of rotatable bonds is 8. The van der Waals surface area contributed by atoms with E-state index in [-0.39, 0.29) is 35.6 Å². The number of nitrogens with one attached hydrogen (secondary N) is 3. The van der Waals surface area contributed by atoms with E-state index in [1.54, 1.807) is 18.2 Å². The zero-order chi connectivity index (χ0) is 30.1. The fourth-order valence-corrected chi connectivity index (χ4v) is 5.06. The van der Waals surface area contributed by atoms with Gasteiger partial charge in [0, 0.05) is 47.4 Å². The number of likely N-dealkylation sites (tertiary alicyclic amines) is 1. The maximum Gasteiger partial charge on any atom is 0.458 e. The van der Waals surface area contributed by atoms with Crippen molar-refractivity contribution in [1.29, 1.82) is 0 Å². The number of benzene rings is 2. The predicted octanol–water partition coefficient (Wildman–Crippen LogP) is 5.84. The third-order valence-corrected chi connectivity index (χ3v) is 7.44. The number of aromatic nitrogens is 1. The molecule has 5 rings (SSSR count). The van der Waals surface area contributed by atoms with Gasteiger partial charge in [0.2, 0.25) is 0 Å². The first-order chi connectivity index (χ1) is 20.0. The molecule has 3 N–H and O–H groups in total. The Morgan fingerprint density at radius 2 is 1.93 bits per heavy atom. The van der Waals surface area contributed by atoms with Crippen molar-refractivity contribution in [3.8, 4) is 5.75 Å². The third kappa shape index (κ3) is 5.87. The lowest BCUT2D eigenvalue weighted by Crippen LogP contribution is -2.40. The van der Waals surface area contributed by atoms with Crippen LogP contribution in [0.5, 0.6) is 5.75 Å². The maximum atomic E-state index is 14.5. The summed E-state index contributed by atoms with van der Waals surface area (Å²) >= 11 is 0. The minimum atomic E-state index is -5.84. The quantitative estimate of drug-likeness (QED) is 0.286. The van der Waals surface area contributed by atoms with Crippen LogP contribution >= 0.6 is 0 Å². The molecule has 2 aliphatic heterocycles. The number of hydrogen-bond donors (Lipinski definition) is 3. The molecular weight excluding hydrogens is 561 g/mol. The Morgan fingerprint density at radius 3 is 2.69 bits per heavy atom. The van der Waals surface area contributed by atoms with Crippen LogP contribution in [0.4, 0.5) is 39.1 Å². The smallest absolute Gasteiger partial charge is 0.458 e. The van der Waals surface area contributed by atoms with Crippen LogP contribution in [0.1, 0.15) is 51.1 Å². The molecule has 2 aliphatic rings. The second-order valence-electron chi connectivity index (χ2n) is 10.2. The summed E-state index contributed by atoms with van der Waals surface area (Å²) in [6.07, 6.45) is -1.83. The first-order valence-corrected chi connectivity index (χ1v) is 13.3. The second kappa shape index (κ2) is 11.6. The number of nitrogens with zero attached hydrogens (tertiary/aromatic N) is 2. The van der Waals surface area contributed by atoms with Crippen molar-refractivity contribution in [2.75, 3.05) is 30.8 Å². The number of piperidine rings is 1. The van der Waals surface area contributed by atoms with Crippen molar-refractivity contribution in [3.05, 3.63) is 77.0 Å². The van der Waals surface area contributed by atoms with E-state index in [9.17, 15) is 31.5 Å². The van der Waals surface area contributed by atoms with Gasteiger partial charge in [-0.05, 0) is 62.8 Å². The minimum Gasteiger partial charge on any atom is -0.491 e. The van der Waals surface area contributed by atoms with Gasteiger partial charge in [-0.25, -0.2) is 4.98 Å². The van der Waals surface area contributed by atoms with Gasteiger partial charge in [0.1, 0.15) is 18.2 Å². The number of anilines is 3. The molecule has 0 bridgehead atoms. The lowest BCUT2D eigenvalue weighted by molar-refractivity contribution is -0.289. The summed E-state index contributed by atoms with van der Waals surface area (Å²) in [6, 6.07) is 10.5. The number of fused-ring (bicyclic) bond motifs is 1. The molecule has 1 atom stereocenters. The normalized spacial score (nSPS) is 17.4. The fraction of sp³-hybridized carbons (Fsp3) is 0.345. The highest BCUT2D eigenvalue weighted by Gasteiger charge is 2.60. The van der Waals surface area contributed by atoms with Crippen LogP contribution in [-0.2, 0) is 12.5 Å². The number of carbonyl (C=O) groups excluding carboxylic acids is 2. The molecule has 42 heavy (non-hydrogen) atoms. The van der Waals surface area contributed by atoms with Crippen molar-refractivity contribution in [1.82, 2.24) is 15.2 Å². The van der Waals surface area contributed by atoms with E-state index in [2.05, 4.69) is 20.9 Å². The topological polar surface area (TPSA) is 95.6 Å². The average Bonchev–Trinajstić information content (AvgIpc) is 3.34. The van der Waals surface area contributed by atoms with Gasteiger partial charge in [-0.2, -0.15) is 22.0 Å². The zero-order valence-electron chi connectivity index (χ0n) is 22.5. The second-order valence-corrected chi connectivity index (χ2v) is 10.2. The molecule has 3 heterocycles. The largest absolute Gasteiger partial charge is 0.491 e. The number of ether oxygens (including phenoxy) is 1. The number of hydrogen-bond acceptors (Lipinski definition) is 6. The number of alkyl halides is 5. The Labute approximate surface area is 238 Å². The fourth-order valence-electron chi connectivity index (χ4n) is 5.06. The molecular formula is C29H28F5N5O3. The van der Waals surface area contributed by atoms with Crippen molar-refractivity contribution in [2.24, 2.45) is 0 Å². The van der Waals surface area contributed by atoms with Gasteiger partial charge in [0.15, 0.2) is 0 Å². The van der Waals surface area contributed by atoms with E-state index in [4.69, 9.17) is 4.74 Å². The summed E-state index contributed by atoms with van der Waals surface area (Å²) < 4.78 is 74.4. The van der Waals surface area contributed by atoms with E-state index >= 15 is 0 Å². The molecule has 2 aromatic carbocycles. The Bertz CT molecular complexity index is 1500. The summed E-state index contributed by atoms with van der Waals surface area (Å²) in [5.41, 5.74) is 0.440. The van der Waals surface area contributed by atoms with Gasteiger partial charge >= 0.3 is 12.1 Å². The molecule has 8 nitrogen and oxygen atoms in total. The number of pyridine rings is 1. The molecule has 0 aliphatic carbocycles. The molecule has 222 valence electrons. The van der Waals surface area contributed by atoms with Crippen LogP contribution in [0.15, 0.2) is 54.7 Å². The van der Waals surface area contributed by atoms with Crippen molar-refractivity contribution in [2.45, 2.75) is 43.9 Å². The standard InChI is InChI=1S/C29H28F5N5O3/c1-39-13-3-2-6-18(39)16-42-24-14-17(10-11-22(24)28(30,31)29(32,33)34)37-27(41)20-8-5-12-35-25(20)38-23-9-4-7-19-21(23)15-36-26(19)40/h4-5,7-12,14,18H,2-3,6,13,15-16H2,1H3,(H,35,38)(H,36,40)(H,37,41)/t18-/m0/s1. The van der Waals surface area contributed by atoms with E-state index in [1.165, 1.54) is 18.3 Å². The molecule has 1 fully saturated rings. The number of halogens is 5. The summed E-state index contributed by atoms with van der Waals surface area (Å²) in [4.78, 5) is 31.5. The predicted molar refractivity (Wildman–Crippen MR) is 145 cm³/mol.